The van der Waals surface area contributed by atoms with Crippen molar-refractivity contribution in [2.45, 2.75) is 32.8 Å². The predicted octanol–water partition coefficient (Wildman–Crippen LogP) is 5.44. The van der Waals surface area contributed by atoms with Crippen LogP contribution in [0.15, 0.2) is 41.3 Å². The topological polar surface area (TPSA) is 77.1 Å². The first-order valence-corrected chi connectivity index (χ1v) is 13.3. The van der Waals surface area contributed by atoms with E-state index >= 15 is 0 Å². The van der Waals surface area contributed by atoms with Gasteiger partial charge in [-0.2, -0.15) is 0 Å². The molecule has 36 heavy (non-hydrogen) atoms. The Morgan fingerprint density at radius 2 is 2.14 bits per heavy atom. The van der Waals surface area contributed by atoms with E-state index in [2.05, 4.69) is 5.32 Å². The molecule has 7 nitrogen and oxygen atoms in total. The van der Waals surface area contributed by atoms with Crippen molar-refractivity contribution in [3.8, 4) is 11.5 Å². The van der Waals surface area contributed by atoms with Gasteiger partial charge in [-0.15, -0.1) is 0 Å². The molecule has 2 saturated heterocycles. The fraction of sp³-hybridized carbons (Fsp3) is 0.346. The van der Waals surface area contributed by atoms with Crippen molar-refractivity contribution in [2.75, 3.05) is 31.7 Å². The lowest BCUT2D eigenvalue weighted by atomic mass is 10.1. The van der Waals surface area contributed by atoms with Crippen LogP contribution in [0.25, 0.3) is 6.08 Å². The molecule has 2 heterocycles. The van der Waals surface area contributed by atoms with Crippen LogP contribution >= 0.6 is 35.6 Å². The number of ether oxygens (including phenoxy) is 3. The number of hydrogen-bond acceptors (Lipinski definition) is 7. The number of carbonyl (C=O) groups is 2. The van der Waals surface area contributed by atoms with E-state index < -0.39 is 0 Å². The molecule has 0 bridgehead atoms. The second-order valence-electron chi connectivity index (χ2n) is 8.32. The molecule has 0 spiro atoms. The standard InChI is InChI=1S/C26H27ClN2O5S2/c1-3-32-22-12-17(13-23-25(31)29(26(35)36-23)14-18-6-5-11-33-18)9-10-21(22)34-15-24(30)28-20-8-4-7-19(27)16(20)2/h4,7-10,12-13,18H,3,5-6,11,14-15H2,1-2H3,(H,28,30)/b23-13-/t18-/m1/s1. The van der Waals surface area contributed by atoms with Crippen molar-refractivity contribution in [2.24, 2.45) is 0 Å². The molecule has 1 N–H and O–H groups in total. The Morgan fingerprint density at radius 3 is 2.89 bits per heavy atom. The van der Waals surface area contributed by atoms with Crippen LogP contribution in [0.1, 0.15) is 30.9 Å². The predicted molar refractivity (Wildman–Crippen MR) is 147 cm³/mol. The molecule has 2 aliphatic heterocycles. The molecule has 2 amide bonds. The van der Waals surface area contributed by atoms with Gasteiger partial charge in [0.1, 0.15) is 4.32 Å². The lowest BCUT2D eigenvalue weighted by Crippen LogP contribution is -2.35. The zero-order valence-electron chi connectivity index (χ0n) is 20.0. The average Bonchev–Trinajstić information content (AvgIpc) is 3.46. The fourth-order valence-corrected chi connectivity index (χ4v) is 5.32. The summed E-state index contributed by atoms with van der Waals surface area (Å²) in [5, 5.41) is 3.38. The average molecular weight is 547 g/mol. The Kier molecular flexibility index (Phi) is 8.90. The number of carbonyl (C=O) groups excluding carboxylic acids is 2. The van der Waals surface area contributed by atoms with Gasteiger partial charge in [0.15, 0.2) is 18.1 Å². The van der Waals surface area contributed by atoms with Gasteiger partial charge in [0.25, 0.3) is 11.8 Å². The monoisotopic (exact) mass is 546 g/mol. The first-order valence-electron chi connectivity index (χ1n) is 11.7. The van der Waals surface area contributed by atoms with Crippen molar-refractivity contribution in [3.05, 3.63) is 57.5 Å². The van der Waals surface area contributed by atoms with Gasteiger partial charge in [0, 0.05) is 17.3 Å². The third-order valence-electron chi connectivity index (χ3n) is 5.75. The Balaban J connectivity index is 1.42. The van der Waals surface area contributed by atoms with Crippen molar-refractivity contribution in [1.82, 2.24) is 4.90 Å². The van der Waals surface area contributed by atoms with Gasteiger partial charge in [-0.05, 0) is 68.2 Å². The van der Waals surface area contributed by atoms with E-state index in [1.807, 2.05) is 19.9 Å². The van der Waals surface area contributed by atoms with Gasteiger partial charge in [-0.1, -0.05) is 47.7 Å². The molecule has 4 rings (SSSR count). The lowest BCUT2D eigenvalue weighted by Gasteiger charge is -2.18. The molecule has 10 heteroatoms. The maximum Gasteiger partial charge on any atom is 0.266 e. The molecule has 2 fully saturated rings. The summed E-state index contributed by atoms with van der Waals surface area (Å²) in [6, 6.07) is 10.6. The number of amides is 2. The highest BCUT2D eigenvalue weighted by atomic mass is 35.5. The van der Waals surface area contributed by atoms with Crippen LogP contribution in [0.3, 0.4) is 0 Å². The van der Waals surface area contributed by atoms with Gasteiger partial charge < -0.3 is 19.5 Å². The van der Waals surface area contributed by atoms with Crippen LogP contribution in [0, 0.1) is 6.92 Å². The summed E-state index contributed by atoms with van der Waals surface area (Å²) in [5.74, 6) is 0.472. The van der Waals surface area contributed by atoms with Crippen LogP contribution in [0.2, 0.25) is 5.02 Å². The van der Waals surface area contributed by atoms with E-state index in [9.17, 15) is 9.59 Å². The normalized spacial score (nSPS) is 18.7. The number of halogens is 1. The minimum atomic E-state index is -0.318. The van der Waals surface area contributed by atoms with Crippen LogP contribution in [0.4, 0.5) is 5.69 Å². The first-order chi connectivity index (χ1) is 17.4. The van der Waals surface area contributed by atoms with Gasteiger partial charge in [-0.25, -0.2) is 0 Å². The van der Waals surface area contributed by atoms with Crippen molar-refractivity contribution >= 4 is 63.5 Å². The molecule has 0 aromatic heterocycles. The number of thiocarbonyl (C=S) groups is 1. The van der Waals surface area contributed by atoms with E-state index in [0.29, 0.717) is 44.6 Å². The van der Waals surface area contributed by atoms with E-state index in [1.54, 1.807) is 41.3 Å². The molecule has 2 aliphatic rings. The van der Waals surface area contributed by atoms with E-state index in [-0.39, 0.29) is 24.5 Å². The number of nitrogens with one attached hydrogen (secondary N) is 1. The smallest absolute Gasteiger partial charge is 0.266 e. The quantitative estimate of drug-likeness (QED) is 0.331. The zero-order valence-corrected chi connectivity index (χ0v) is 22.4. The molecule has 190 valence electrons. The fourth-order valence-electron chi connectivity index (χ4n) is 3.88. The van der Waals surface area contributed by atoms with Crippen molar-refractivity contribution in [3.63, 3.8) is 0 Å². The van der Waals surface area contributed by atoms with E-state index in [4.69, 9.17) is 38.0 Å². The summed E-state index contributed by atoms with van der Waals surface area (Å²) in [6.07, 6.45) is 3.76. The lowest BCUT2D eigenvalue weighted by molar-refractivity contribution is -0.123. The molecule has 0 saturated carbocycles. The molecule has 2 aromatic carbocycles. The van der Waals surface area contributed by atoms with Crippen LogP contribution in [0.5, 0.6) is 11.5 Å². The molecule has 2 aromatic rings. The Labute approximate surface area is 225 Å². The second-order valence-corrected chi connectivity index (χ2v) is 10.4. The van der Waals surface area contributed by atoms with Crippen LogP contribution in [-0.2, 0) is 14.3 Å². The van der Waals surface area contributed by atoms with E-state index in [1.165, 1.54) is 11.8 Å². The van der Waals surface area contributed by atoms with E-state index in [0.717, 1.165) is 30.6 Å². The molecular weight excluding hydrogens is 520 g/mol. The second kappa shape index (κ2) is 12.1. The third-order valence-corrected chi connectivity index (χ3v) is 7.54. The van der Waals surface area contributed by atoms with Crippen molar-refractivity contribution < 1.29 is 23.8 Å². The number of anilines is 1. The molecule has 0 aliphatic carbocycles. The van der Waals surface area contributed by atoms with Gasteiger partial charge in [-0.3, -0.25) is 14.5 Å². The summed E-state index contributed by atoms with van der Waals surface area (Å²) in [7, 11) is 0. The van der Waals surface area contributed by atoms with Crippen LogP contribution in [-0.4, -0.2) is 53.5 Å². The Bertz CT molecular complexity index is 1200. The number of hydrogen-bond donors (Lipinski definition) is 1. The zero-order chi connectivity index (χ0) is 25.7. The summed E-state index contributed by atoms with van der Waals surface area (Å²) in [5.41, 5.74) is 2.18. The summed E-state index contributed by atoms with van der Waals surface area (Å²) >= 11 is 12.8. The maximum atomic E-state index is 12.9. The van der Waals surface area contributed by atoms with Crippen molar-refractivity contribution in [1.29, 1.82) is 0 Å². The highest BCUT2D eigenvalue weighted by Crippen LogP contribution is 2.35. The number of benzene rings is 2. The first kappa shape index (κ1) is 26.5. The summed E-state index contributed by atoms with van der Waals surface area (Å²) in [4.78, 5) is 27.5. The third kappa shape index (κ3) is 6.39. The number of thioether (sulfide) groups is 1. The number of rotatable bonds is 9. The Morgan fingerprint density at radius 1 is 1.31 bits per heavy atom. The largest absolute Gasteiger partial charge is 0.490 e. The maximum absolute atomic E-state index is 12.9. The van der Waals surface area contributed by atoms with Crippen LogP contribution < -0.4 is 14.8 Å². The molecular formula is C26H27ClN2O5S2. The highest BCUT2D eigenvalue weighted by Gasteiger charge is 2.34. The van der Waals surface area contributed by atoms with Gasteiger partial charge >= 0.3 is 0 Å². The molecule has 1 atom stereocenters. The van der Waals surface area contributed by atoms with Gasteiger partial charge in [0.2, 0.25) is 0 Å². The Hall–Kier alpha value is -2.59. The highest BCUT2D eigenvalue weighted by molar-refractivity contribution is 8.26. The minimum absolute atomic E-state index is 0.0350. The number of nitrogens with zero attached hydrogens (tertiary/aromatic N) is 1. The SMILES string of the molecule is CCOc1cc(/C=C2\SC(=S)N(C[C@H]3CCCO3)C2=O)ccc1OCC(=O)Nc1cccc(Cl)c1C. The molecule has 0 unspecified atom stereocenters. The summed E-state index contributed by atoms with van der Waals surface area (Å²) in [6.45, 7) is 5.12. The summed E-state index contributed by atoms with van der Waals surface area (Å²) < 4.78 is 17.7. The van der Waals surface area contributed by atoms with Gasteiger partial charge in [0.05, 0.1) is 24.2 Å². The minimum Gasteiger partial charge on any atom is -0.490 e. The molecule has 0 radical (unpaired) electrons.